The largest absolute Gasteiger partial charge is 0.395 e. The van der Waals surface area contributed by atoms with Crippen molar-refractivity contribution in [2.75, 3.05) is 26.4 Å². The lowest BCUT2D eigenvalue weighted by Gasteiger charge is -2.47. The fourth-order valence-electron chi connectivity index (χ4n) is 3.88. The Morgan fingerprint density at radius 1 is 0.529 bits per heavy atom. The standard InChI is InChI=1S/C9H13N5O20/c15-1-5(2-16)6(19,3-17)8(31-11(22)23,32-12(24)25)9(33-13(26)27,34-14(28)29)7(5,4-18)30-10(20)21/h15-19H,1-4H2. The molecule has 0 heterocycles. The van der Waals surface area contributed by atoms with Crippen LogP contribution in [0, 0.1) is 56.0 Å². The lowest BCUT2D eigenvalue weighted by molar-refractivity contribution is -0.950. The second kappa shape index (κ2) is 8.97. The van der Waals surface area contributed by atoms with Crippen LogP contribution in [-0.2, 0) is 24.2 Å². The average molecular weight is 511 g/mol. The quantitative estimate of drug-likeness (QED) is 0.0826. The molecule has 0 radical (unpaired) electrons. The van der Waals surface area contributed by atoms with E-state index in [1.165, 1.54) is 0 Å². The molecule has 0 amide bonds. The molecule has 0 bridgehead atoms. The van der Waals surface area contributed by atoms with Crippen LogP contribution in [0.25, 0.3) is 0 Å². The minimum Gasteiger partial charge on any atom is -0.395 e. The van der Waals surface area contributed by atoms with Crippen molar-refractivity contribution in [3.05, 3.63) is 50.6 Å². The highest BCUT2D eigenvalue weighted by atomic mass is 17.1. The van der Waals surface area contributed by atoms with Crippen molar-refractivity contribution >= 4 is 0 Å². The van der Waals surface area contributed by atoms with Gasteiger partial charge in [0.2, 0.25) is 5.60 Å². The number of hydrogen-bond acceptors (Lipinski definition) is 20. The third kappa shape index (κ3) is 3.30. The molecule has 0 aliphatic heterocycles. The fraction of sp³-hybridized carbons (Fsp3) is 1.00. The first-order valence-corrected chi connectivity index (χ1v) is 7.91. The molecule has 0 spiro atoms. The first-order chi connectivity index (χ1) is 15.6. The van der Waals surface area contributed by atoms with Crippen molar-refractivity contribution < 1.29 is 75.2 Å². The molecular formula is C9H13N5O20. The van der Waals surface area contributed by atoms with Crippen molar-refractivity contribution in [2.45, 2.75) is 22.8 Å². The molecule has 2 unspecified atom stereocenters. The third-order valence-electron chi connectivity index (χ3n) is 5.11. The SMILES string of the molecule is O=[N+]([O-])OC1(CO)C(CO)(CO)C(O)(CO)C(O[N+](=O)[O-])(O[N+](=O)[O-])C1(O[N+](=O)[O-])O[N+](=O)[O-]. The van der Waals surface area contributed by atoms with E-state index in [1.54, 1.807) is 0 Å². The van der Waals surface area contributed by atoms with Crippen LogP contribution in [-0.4, -0.2) is 100 Å². The zero-order valence-electron chi connectivity index (χ0n) is 15.9. The maximum absolute atomic E-state index is 11.2. The van der Waals surface area contributed by atoms with Crippen molar-refractivity contribution in [3.8, 4) is 0 Å². The number of hydrogen-bond donors (Lipinski definition) is 5. The lowest BCUT2D eigenvalue weighted by Crippen LogP contribution is -2.75. The van der Waals surface area contributed by atoms with Crippen LogP contribution in [0.3, 0.4) is 0 Å². The van der Waals surface area contributed by atoms with Crippen LogP contribution in [0.5, 0.6) is 0 Å². The first kappa shape index (κ1) is 27.8. The minimum absolute atomic E-state index is 2.05. The van der Waals surface area contributed by atoms with E-state index in [9.17, 15) is 76.1 Å². The summed E-state index contributed by atoms with van der Waals surface area (Å²) in [6, 6.07) is 0. The molecule has 1 aliphatic carbocycles. The van der Waals surface area contributed by atoms with Gasteiger partial charge in [-0.15, -0.1) is 50.6 Å². The summed E-state index contributed by atoms with van der Waals surface area (Å²) in [6.07, 6.45) is 0. The van der Waals surface area contributed by atoms with E-state index in [0.717, 1.165) is 0 Å². The van der Waals surface area contributed by atoms with E-state index in [-0.39, 0.29) is 0 Å². The molecule has 1 aliphatic rings. The second-order valence-electron chi connectivity index (χ2n) is 6.21. The van der Waals surface area contributed by atoms with Gasteiger partial charge < -0.3 is 25.5 Å². The summed E-state index contributed by atoms with van der Waals surface area (Å²) in [5.74, 6) is -9.94. The summed E-state index contributed by atoms with van der Waals surface area (Å²) in [5, 5.41) is 95.9. The predicted molar refractivity (Wildman–Crippen MR) is 84.3 cm³/mol. The van der Waals surface area contributed by atoms with Crippen molar-refractivity contribution in [1.82, 2.24) is 0 Å². The molecular weight excluding hydrogens is 498 g/mol. The van der Waals surface area contributed by atoms with Gasteiger partial charge in [-0.3, -0.25) is 24.2 Å². The van der Waals surface area contributed by atoms with E-state index in [1.807, 2.05) is 0 Å². The second-order valence-corrected chi connectivity index (χ2v) is 6.21. The Bertz CT molecular complexity index is 827. The summed E-state index contributed by atoms with van der Waals surface area (Å²) in [5.41, 5.74) is -12.5. The Labute approximate surface area is 181 Å². The van der Waals surface area contributed by atoms with Crippen LogP contribution >= 0.6 is 0 Å². The molecule has 1 saturated carbocycles. The maximum atomic E-state index is 11.2. The number of aliphatic hydroxyl groups excluding tert-OH is 4. The highest BCUT2D eigenvalue weighted by molar-refractivity contribution is 5.32. The van der Waals surface area contributed by atoms with E-state index in [0.29, 0.717) is 0 Å². The monoisotopic (exact) mass is 511 g/mol. The average Bonchev–Trinajstić information content (AvgIpc) is 2.79. The molecule has 5 N–H and O–H groups in total. The third-order valence-corrected chi connectivity index (χ3v) is 5.11. The van der Waals surface area contributed by atoms with Gasteiger partial charge in [0.25, 0.3) is 25.4 Å². The van der Waals surface area contributed by atoms with Gasteiger partial charge in [-0.05, 0) is 0 Å². The van der Waals surface area contributed by atoms with Crippen molar-refractivity contribution in [3.63, 3.8) is 0 Å². The maximum Gasteiger partial charge on any atom is 0.351 e. The molecule has 0 aromatic carbocycles. The van der Waals surface area contributed by atoms with Gasteiger partial charge >= 0.3 is 11.6 Å². The Balaban J connectivity index is 4.64. The zero-order valence-corrected chi connectivity index (χ0v) is 15.9. The molecule has 0 saturated heterocycles. The van der Waals surface area contributed by atoms with Gasteiger partial charge in [0.1, 0.15) is 0 Å². The molecule has 0 aromatic heterocycles. The lowest BCUT2D eigenvalue weighted by atomic mass is 9.67. The Morgan fingerprint density at radius 2 is 0.853 bits per heavy atom. The van der Waals surface area contributed by atoms with Crippen LogP contribution in [0.2, 0.25) is 0 Å². The van der Waals surface area contributed by atoms with Gasteiger partial charge in [0.15, 0.2) is 5.60 Å². The van der Waals surface area contributed by atoms with Gasteiger partial charge in [-0.1, -0.05) is 0 Å². The highest BCUT2D eigenvalue weighted by Crippen LogP contribution is 2.67. The molecule has 1 rings (SSSR count). The van der Waals surface area contributed by atoms with E-state index >= 15 is 0 Å². The Morgan fingerprint density at radius 3 is 1.09 bits per heavy atom. The normalized spacial score (nSPS) is 26.0. The summed E-state index contributed by atoms with van der Waals surface area (Å²) < 4.78 is 0. The molecule has 25 heteroatoms. The first-order valence-electron chi connectivity index (χ1n) is 7.91. The highest BCUT2D eigenvalue weighted by Gasteiger charge is 2.98. The minimum atomic E-state index is -4.99. The van der Waals surface area contributed by atoms with Crippen LogP contribution in [0.15, 0.2) is 0 Å². The molecule has 1 fully saturated rings. The molecule has 25 nitrogen and oxygen atoms in total. The number of aliphatic hydroxyl groups is 5. The molecule has 194 valence electrons. The fourth-order valence-corrected chi connectivity index (χ4v) is 3.88. The summed E-state index contributed by atoms with van der Waals surface area (Å²) in [6.45, 7) is -8.93. The van der Waals surface area contributed by atoms with E-state index < -0.39 is 80.1 Å². The summed E-state index contributed by atoms with van der Waals surface area (Å²) >= 11 is 0. The Hall–Kier alpha value is -4.20. The van der Waals surface area contributed by atoms with Crippen LogP contribution in [0.4, 0.5) is 0 Å². The molecule has 34 heavy (non-hydrogen) atoms. The molecule has 0 aromatic rings. The van der Waals surface area contributed by atoms with Gasteiger partial charge in [-0.25, -0.2) is 0 Å². The number of rotatable bonds is 14. The van der Waals surface area contributed by atoms with Crippen LogP contribution in [0.1, 0.15) is 0 Å². The van der Waals surface area contributed by atoms with Crippen molar-refractivity contribution in [1.29, 1.82) is 0 Å². The number of nitrogens with zero attached hydrogens (tertiary/aromatic N) is 5. The van der Waals surface area contributed by atoms with Crippen molar-refractivity contribution in [2.24, 2.45) is 5.41 Å². The van der Waals surface area contributed by atoms with Gasteiger partial charge in [-0.2, -0.15) is 0 Å². The molecule has 2 atom stereocenters. The van der Waals surface area contributed by atoms with E-state index in [2.05, 4.69) is 24.2 Å². The zero-order chi connectivity index (χ0) is 26.8. The van der Waals surface area contributed by atoms with Gasteiger partial charge in [0, 0.05) is 0 Å². The van der Waals surface area contributed by atoms with Gasteiger partial charge in [0.05, 0.1) is 31.8 Å². The predicted octanol–water partition coefficient (Wildman–Crippen LogP) is -5.14. The Kier molecular flexibility index (Phi) is 7.35. The van der Waals surface area contributed by atoms with Crippen LogP contribution < -0.4 is 0 Å². The summed E-state index contributed by atoms with van der Waals surface area (Å²) in [7, 11) is 0. The smallest absolute Gasteiger partial charge is 0.351 e. The summed E-state index contributed by atoms with van der Waals surface area (Å²) in [4.78, 5) is 75.2. The topological polar surface area (TPSA) is 363 Å². The van der Waals surface area contributed by atoms with E-state index in [4.69, 9.17) is 0 Å².